The largest absolute Gasteiger partial charge is 0.478 e. The van der Waals surface area contributed by atoms with Gasteiger partial charge in [-0.2, -0.15) is 0 Å². The molecule has 6 heteroatoms. The van der Waals surface area contributed by atoms with Crippen LogP contribution < -0.4 is 10.2 Å². The first-order chi connectivity index (χ1) is 12.5. The number of hydrogen-bond acceptors (Lipinski definition) is 3. The molecule has 1 aliphatic heterocycles. The van der Waals surface area contributed by atoms with Crippen molar-refractivity contribution in [1.29, 1.82) is 0 Å². The first-order valence-electron chi connectivity index (χ1n) is 8.64. The minimum Gasteiger partial charge on any atom is -0.478 e. The van der Waals surface area contributed by atoms with Gasteiger partial charge in [0.25, 0.3) is 5.91 Å². The molecule has 2 aromatic carbocycles. The van der Waals surface area contributed by atoms with Gasteiger partial charge in [-0.3, -0.25) is 4.79 Å². The quantitative estimate of drug-likeness (QED) is 0.868. The van der Waals surface area contributed by atoms with E-state index in [2.05, 4.69) is 17.1 Å². The van der Waals surface area contributed by atoms with Crippen LogP contribution in [0.1, 0.15) is 40.5 Å². The van der Waals surface area contributed by atoms with E-state index < -0.39 is 17.7 Å². The number of piperidine rings is 1. The summed E-state index contributed by atoms with van der Waals surface area (Å²) in [7, 11) is 0. The number of carbonyl (C=O) groups is 2. The van der Waals surface area contributed by atoms with Gasteiger partial charge in [0.2, 0.25) is 0 Å². The van der Waals surface area contributed by atoms with Crippen molar-refractivity contribution in [3.05, 3.63) is 59.4 Å². The molecular formula is C20H21FN2O3. The summed E-state index contributed by atoms with van der Waals surface area (Å²) in [5.74, 6) is -1.78. The lowest BCUT2D eigenvalue weighted by Crippen LogP contribution is -2.35. The number of anilines is 2. The summed E-state index contributed by atoms with van der Waals surface area (Å²) < 4.78 is 13.7. The zero-order chi connectivity index (χ0) is 18.7. The first-order valence-corrected chi connectivity index (χ1v) is 8.64. The molecule has 1 fully saturated rings. The molecule has 0 bridgehead atoms. The Morgan fingerprint density at radius 3 is 2.65 bits per heavy atom. The predicted octanol–water partition coefficient (Wildman–Crippen LogP) is 4.01. The van der Waals surface area contributed by atoms with Crippen LogP contribution in [0.5, 0.6) is 0 Å². The molecule has 2 aromatic rings. The molecule has 1 aliphatic rings. The summed E-state index contributed by atoms with van der Waals surface area (Å²) in [6.07, 6.45) is 2.15. The van der Waals surface area contributed by atoms with Gasteiger partial charge < -0.3 is 15.3 Å². The number of hydrogen-bond donors (Lipinski definition) is 2. The minimum atomic E-state index is -1.06. The van der Waals surface area contributed by atoms with E-state index in [0.717, 1.165) is 25.9 Å². The number of nitrogens with one attached hydrogen (secondary N) is 1. The molecular weight excluding hydrogens is 335 g/mol. The number of rotatable bonds is 4. The van der Waals surface area contributed by atoms with Crippen LogP contribution in [0.2, 0.25) is 0 Å². The second kappa shape index (κ2) is 7.56. The Morgan fingerprint density at radius 2 is 1.96 bits per heavy atom. The summed E-state index contributed by atoms with van der Waals surface area (Å²) in [4.78, 5) is 26.0. The molecule has 26 heavy (non-hydrogen) atoms. The molecule has 1 heterocycles. The monoisotopic (exact) mass is 356 g/mol. The molecule has 1 amide bonds. The maximum Gasteiger partial charge on any atom is 0.337 e. The third kappa shape index (κ3) is 3.85. The van der Waals surface area contributed by atoms with Crippen molar-refractivity contribution in [1.82, 2.24) is 0 Å². The second-order valence-electron chi connectivity index (χ2n) is 6.66. The number of benzene rings is 2. The van der Waals surface area contributed by atoms with Crippen molar-refractivity contribution in [2.24, 2.45) is 5.92 Å². The normalized spacial score (nSPS) is 17.0. The van der Waals surface area contributed by atoms with Gasteiger partial charge in [-0.1, -0.05) is 19.1 Å². The van der Waals surface area contributed by atoms with Gasteiger partial charge in [-0.25, -0.2) is 9.18 Å². The Hall–Kier alpha value is -2.89. The SMILES string of the molecule is C[C@@H]1CCCN(c2ccc(NC(=O)c3ccccc3F)cc2C(=O)O)C1. The highest BCUT2D eigenvalue weighted by molar-refractivity contribution is 6.05. The molecule has 3 rings (SSSR count). The van der Waals surface area contributed by atoms with E-state index in [1.165, 1.54) is 24.3 Å². The zero-order valence-corrected chi connectivity index (χ0v) is 14.5. The predicted molar refractivity (Wildman–Crippen MR) is 98.4 cm³/mol. The highest BCUT2D eigenvalue weighted by Crippen LogP contribution is 2.29. The van der Waals surface area contributed by atoms with Crippen molar-refractivity contribution in [2.45, 2.75) is 19.8 Å². The van der Waals surface area contributed by atoms with Gasteiger partial charge in [0.05, 0.1) is 16.8 Å². The third-order valence-corrected chi connectivity index (χ3v) is 4.60. The highest BCUT2D eigenvalue weighted by Gasteiger charge is 2.22. The number of carboxylic acid groups (broad SMARTS) is 1. The van der Waals surface area contributed by atoms with Gasteiger partial charge in [0, 0.05) is 18.8 Å². The van der Waals surface area contributed by atoms with E-state index >= 15 is 0 Å². The molecule has 0 spiro atoms. The van der Waals surface area contributed by atoms with E-state index in [1.54, 1.807) is 18.2 Å². The van der Waals surface area contributed by atoms with Crippen molar-refractivity contribution in [2.75, 3.05) is 23.3 Å². The lowest BCUT2D eigenvalue weighted by molar-refractivity contribution is 0.0697. The Balaban J connectivity index is 1.86. The summed E-state index contributed by atoms with van der Waals surface area (Å²) in [5.41, 5.74) is 1.01. The van der Waals surface area contributed by atoms with Gasteiger partial charge in [0.15, 0.2) is 0 Å². The molecule has 0 aromatic heterocycles. The maximum absolute atomic E-state index is 13.7. The number of nitrogens with zero attached hydrogens (tertiary/aromatic N) is 1. The molecule has 0 aliphatic carbocycles. The Bertz CT molecular complexity index is 838. The lowest BCUT2D eigenvalue weighted by atomic mass is 9.98. The number of carboxylic acids is 1. The maximum atomic E-state index is 13.7. The van der Waals surface area contributed by atoms with Crippen LogP contribution >= 0.6 is 0 Å². The fourth-order valence-corrected chi connectivity index (χ4v) is 3.31. The van der Waals surface area contributed by atoms with E-state index in [9.17, 15) is 19.1 Å². The number of carbonyl (C=O) groups excluding carboxylic acids is 1. The third-order valence-electron chi connectivity index (χ3n) is 4.60. The standard InChI is InChI=1S/C20H21FN2O3/c1-13-5-4-10-23(12-13)18-9-8-14(11-16(18)20(25)26)22-19(24)15-6-2-3-7-17(15)21/h2-3,6-9,11,13H,4-5,10,12H2,1H3,(H,22,24)(H,25,26)/t13-/m1/s1. The highest BCUT2D eigenvalue weighted by atomic mass is 19.1. The van der Waals surface area contributed by atoms with E-state index in [-0.39, 0.29) is 11.1 Å². The lowest BCUT2D eigenvalue weighted by Gasteiger charge is -2.33. The van der Waals surface area contributed by atoms with Crippen LogP contribution in [0.4, 0.5) is 15.8 Å². The number of aromatic carboxylic acids is 1. The van der Waals surface area contributed by atoms with Gasteiger partial charge >= 0.3 is 5.97 Å². The van der Waals surface area contributed by atoms with Crippen LogP contribution in [0.15, 0.2) is 42.5 Å². The molecule has 136 valence electrons. The van der Waals surface area contributed by atoms with Crippen LogP contribution in [-0.2, 0) is 0 Å². The Labute approximate surface area is 151 Å². The van der Waals surface area contributed by atoms with Crippen LogP contribution in [0.25, 0.3) is 0 Å². The molecule has 0 saturated carbocycles. The second-order valence-corrected chi connectivity index (χ2v) is 6.66. The van der Waals surface area contributed by atoms with E-state index in [1.807, 2.05) is 0 Å². The fraction of sp³-hybridized carbons (Fsp3) is 0.300. The average Bonchev–Trinajstić information content (AvgIpc) is 2.62. The fourth-order valence-electron chi connectivity index (χ4n) is 3.31. The van der Waals surface area contributed by atoms with E-state index in [0.29, 0.717) is 17.3 Å². The van der Waals surface area contributed by atoms with Crippen molar-refractivity contribution < 1.29 is 19.1 Å². The van der Waals surface area contributed by atoms with Crippen molar-refractivity contribution >= 4 is 23.3 Å². The van der Waals surface area contributed by atoms with Crippen LogP contribution in [-0.4, -0.2) is 30.1 Å². The van der Waals surface area contributed by atoms with Gasteiger partial charge in [-0.15, -0.1) is 0 Å². The molecule has 2 N–H and O–H groups in total. The smallest absolute Gasteiger partial charge is 0.337 e. The van der Waals surface area contributed by atoms with Crippen LogP contribution in [0.3, 0.4) is 0 Å². The number of halogens is 1. The molecule has 5 nitrogen and oxygen atoms in total. The number of amides is 1. The van der Waals surface area contributed by atoms with Gasteiger partial charge in [-0.05, 0) is 49.1 Å². The molecule has 0 radical (unpaired) electrons. The molecule has 1 saturated heterocycles. The average molecular weight is 356 g/mol. The van der Waals surface area contributed by atoms with E-state index in [4.69, 9.17) is 0 Å². The topological polar surface area (TPSA) is 69.6 Å². The summed E-state index contributed by atoms with van der Waals surface area (Å²) in [6.45, 7) is 3.77. The Kier molecular flexibility index (Phi) is 5.21. The summed E-state index contributed by atoms with van der Waals surface area (Å²) in [5, 5.41) is 12.2. The van der Waals surface area contributed by atoms with Gasteiger partial charge in [0.1, 0.15) is 5.82 Å². The van der Waals surface area contributed by atoms with Crippen molar-refractivity contribution in [3.63, 3.8) is 0 Å². The first kappa shape index (κ1) is 17.9. The Morgan fingerprint density at radius 1 is 1.19 bits per heavy atom. The molecule has 0 unspecified atom stereocenters. The van der Waals surface area contributed by atoms with Crippen LogP contribution in [0, 0.1) is 11.7 Å². The summed E-state index contributed by atoms with van der Waals surface area (Å²) in [6, 6.07) is 10.4. The summed E-state index contributed by atoms with van der Waals surface area (Å²) >= 11 is 0. The molecule has 1 atom stereocenters. The minimum absolute atomic E-state index is 0.0849. The zero-order valence-electron chi connectivity index (χ0n) is 14.5. The van der Waals surface area contributed by atoms with Crippen molar-refractivity contribution in [3.8, 4) is 0 Å².